The first-order valence-corrected chi connectivity index (χ1v) is 8.26. The van der Waals surface area contributed by atoms with E-state index in [1.54, 1.807) is 55.4 Å². The maximum atomic E-state index is 12.6. The Bertz CT molecular complexity index is 815. The lowest BCUT2D eigenvalue weighted by atomic mass is 10.1. The fourth-order valence-corrected chi connectivity index (χ4v) is 2.47. The third-order valence-electron chi connectivity index (χ3n) is 4.14. The lowest BCUT2D eigenvalue weighted by Crippen LogP contribution is -2.28. The number of rotatable bonds is 6. The highest BCUT2D eigenvalue weighted by Crippen LogP contribution is 2.13. The number of carboxylic acids is 1. The van der Waals surface area contributed by atoms with Crippen molar-refractivity contribution in [2.45, 2.75) is 13.5 Å². The standard InChI is InChI=1S/C20H22N2O4/c1-4-21(2)18(23)16-6-5-7-17(12-16)19(24)22(3)13-14-8-10-15(11-9-14)20(25)26/h5-12H,4,13H2,1-3H3,(H,25,26). The van der Waals surface area contributed by atoms with Crippen LogP contribution in [0.5, 0.6) is 0 Å². The molecule has 0 unspecified atom stereocenters. The van der Waals surface area contributed by atoms with Gasteiger partial charge >= 0.3 is 5.97 Å². The summed E-state index contributed by atoms with van der Waals surface area (Å²) >= 11 is 0. The molecule has 0 aliphatic carbocycles. The van der Waals surface area contributed by atoms with Crippen molar-refractivity contribution in [3.05, 3.63) is 70.8 Å². The van der Waals surface area contributed by atoms with Gasteiger partial charge in [0, 0.05) is 38.3 Å². The second-order valence-corrected chi connectivity index (χ2v) is 6.06. The summed E-state index contributed by atoms with van der Waals surface area (Å²) in [6.07, 6.45) is 0. The van der Waals surface area contributed by atoms with Crippen LogP contribution >= 0.6 is 0 Å². The molecular formula is C20H22N2O4. The summed E-state index contributed by atoms with van der Waals surface area (Å²) in [7, 11) is 3.38. The topological polar surface area (TPSA) is 77.9 Å². The highest BCUT2D eigenvalue weighted by atomic mass is 16.4. The van der Waals surface area contributed by atoms with Crippen LogP contribution in [-0.4, -0.2) is 53.3 Å². The van der Waals surface area contributed by atoms with Crippen molar-refractivity contribution < 1.29 is 19.5 Å². The molecule has 0 heterocycles. The Labute approximate surface area is 152 Å². The molecule has 136 valence electrons. The Balaban J connectivity index is 2.12. The Hall–Kier alpha value is -3.15. The van der Waals surface area contributed by atoms with Gasteiger partial charge < -0.3 is 14.9 Å². The number of amides is 2. The molecule has 0 atom stereocenters. The lowest BCUT2D eigenvalue weighted by Gasteiger charge is -2.19. The van der Waals surface area contributed by atoms with Crippen LogP contribution in [0.3, 0.4) is 0 Å². The Morgan fingerprint density at radius 2 is 1.38 bits per heavy atom. The van der Waals surface area contributed by atoms with Gasteiger partial charge in [-0.15, -0.1) is 0 Å². The molecule has 0 fully saturated rings. The van der Waals surface area contributed by atoms with Crippen LogP contribution < -0.4 is 0 Å². The summed E-state index contributed by atoms with van der Waals surface area (Å²) in [6.45, 7) is 2.81. The van der Waals surface area contributed by atoms with Gasteiger partial charge in [0.25, 0.3) is 11.8 Å². The van der Waals surface area contributed by atoms with E-state index < -0.39 is 5.97 Å². The number of aromatic carboxylic acids is 1. The van der Waals surface area contributed by atoms with Gasteiger partial charge in [-0.3, -0.25) is 9.59 Å². The van der Waals surface area contributed by atoms with Crippen LogP contribution in [0.25, 0.3) is 0 Å². The van der Waals surface area contributed by atoms with Crippen molar-refractivity contribution in [1.82, 2.24) is 9.80 Å². The average Bonchev–Trinajstić information content (AvgIpc) is 2.66. The van der Waals surface area contributed by atoms with Crippen molar-refractivity contribution in [1.29, 1.82) is 0 Å². The number of carboxylic acid groups (broad SMARTS) is 1. The quantitative estimate of drug-likeness (QED) is 0.865. The molecule has 0 aliphatic rings. The minimum absolute atomic E-state index is 0.130. The van der Waals surface area contributed by atoms with Crippen LogP contribution in [0.1, 0.15) is 43.6 Å². The predicted molar refractivity (Wildman–Crippen MR) is 98.3 cm³/mol. The van der Waals surface area contributed by atoms with E-state index in [1.165, 1.54) is 17.0 Å². The van der Waals surface area contributed by atoms with Gasteiger partial charge in [0.15, 0.2) is 0 Å². The summed E-state index contributed by atoms with van der Waals surface area (Å²) in [5.41, 5.74) is 1.93. The molecule has 0 spiro atoms. The van der Waals surface area contributed by atoms with E-state index >= 15 is 0 Å². The van der Waals surface area contributed by atoms with Gasteiger partial charge in [0.05, 0.1) is 5.56 Å². The van der Waals surface area contributed by atoms with Crippen LogP contribution in [-0.2, 0) is 6.54 Å². The maximum Gasteiger partial charge on any atom is 0.335 e. The molecule has 6 nitrogen and oxygen atoms in total. The molecule has 0 saturated heterocycles. The second-order valence-electron chi connectivity index (χ2n) is 6.06. The first kappa shape index (κ1) is 19.2. The molecule has 2 rings (SSSR count). The lowest BCUT2D eigenvalue weighted by molar-refractivity contribution is 0.0694. The van der Waals surface area contributed by atoms with E-state index in [9.17, 15) is 14.4 Å². The molecule has 0 aromatic heterocycles. The van der Waals surface area contributed by atoms with Crippen molar-refractivity contribution in [3.8, 4) is 0 Å². The van der Waals surface area contributed by atoms with E-state index in [0.717, 1.165) is 5.56 Å². The van der Waals surface area contributed by atoms with E-state index in [2.05, 4.69) is 0 Å². The van der Waals surface area contributed by atoms with Crippen LogP contribution in [0.2, 0.25) is 0 Å². The smallest absolute Gasteiger partial charge is 0.335 e. The molecule has 26 heavy (non-hydrogen) atoms. The predicted octanol–water partition coefficient (Wildman–Crippen LogP) is 2.75. The SMILES string of the molecule is CCN(C)C(=O)c1cccc(C(=O)N(C)Cc2ccc(C(=O)O)cc2)c1. The number of carbonyl (C=O) groups is 3. The Kier molecular flexibility index (Phi) is 6.11. The van der Waals surface area contributed by atoms with Crippen molar-refractivity contribution in [2.24, 2.45) is 0 Å². The average molecular weight is 354 g/mol. The minimum Gasteiger partial charge on any atom is -0.478 e. The largest absolute Gasteiger partial charge is 0.478 e. The van der Waals surface area contributed by atoms with E-state index in [4.69, 9.17) is 5.11 Å². The summed E-state index contributed by atoms with van der Waals surface area (Å²) < 4.78 is 0. The fraction of sp³-hybridized carbons (Fsp3) is 0.250. The molecule has 6 heteroatoms. The first-order valence-electron chi connectivity index (χ1n) is 8.26. The van der Waals surface area contributed by atoms with Crippen LogP contribution in [0, 0.1) is 0 Å². The number of benzene rings is 2. The molecule has 0 bridgehead atoms. The third kappa shape index (κ3) is 4.47. The van der Waals surface area contributed by atoms with Gasteiger partial charge in [0.1, 0.15) is 0 Å². The van der Waals surface area contributed by atoms with Gasteiger partial charge in [0.2, 0.25) is 0 Å². The first-order chi connectivity index (χ1) is 12.3. The molecule has 1 N–H and O–H groups in total. The molecule has 2 aromatic carbocycles. The highest BCUT2D eigenvalue weighted by molar-refractivity contribution is 5.99. The molecular weight excluding hydrogens is 332 g/mol. The monoisotopic (exact) mass is 354 g/mol. The van der Waals surface area contributed by atoms with Crippen LogP contribution in [0.15, 0.2) is 48.5 Å². The third-order valence-corrected chi connectivity index (χ3v) is 4.14. The van der Waals surface area contributed by atoms with Gasteiger partial charge in [-0.05, 0) is 42.8 Å². The van der Waals surface area contributed by atoms with Crippen molar-refractivity contribution >= 4 is 17.8 Å². The summed E-state index contributed by atoms with van der Waals surface area (Å²) in [6, 6.07) is 13.0. The van der Waals surface area contributed by atoms with Crippen molar-refractivity contribution in [3.63, 3.8) is 0 Å². The zero-order valence-corrected chi connectivity index (χ0v) is 15.1. The number of carbonyl (C=O) groups excluding carboxylic acids is 2. The van der Waals surface area contributed by atoms with Crippen LogP contribution in [0.4, 0.5) is 0 Å². The molecule has 0 saturated carbocycles. The minimum atomic E-state index is -0.987. The Morgan fingerprint density at radius 1 is 0.846 bits per heavy atom. The van der Waals surface area contributed by atoms with Gasteiger partial charge in [-0.1, -0.05) is 18.2 Å². The van der Waals surface area contributed by atoms with Crippen molar-refractivity contribution in [2.75, 3.05) is 20.6 Å². The zero-order chi connectivity index (χ0) is 19.3. The van der Waals surface area contributed by atoms with E-state index in [0.29, 0.717) is 24.2 Å². The Morgan fingerprint density at radius 3 is 1.88 bits per heavy atom. The molecule has 0 aliphatic heterocycles. The summed E-state index contributed by atoms with van der Waals surface area (Å²) in [5, 5.41) is 8.93. The number of hydrogen-bond acceptors (Lipinski definition) is 3. The maximum absolute atomic E-state index is 12.6. The van der Waals surface area contributed by atoms with Gasteiger partial charge in [-0.25, -0.2) is 4.79 Å². The van der Waals surface area contributed by atoms with E-state index in [-0.39, 0.29) is 17.4 Å². The highest BCUT2D eigenvalue weighted by Gasteiger charge is 2.16. The molecule has 2 aromatic rings. The fourth-order valence-electron chi connectivity index (χ4n) is 2.47. The zero-order valence-electron chi connectivity index (χ0n) is 15.1. The normalized spacial score (nSPS) is 10.3. The molecule has 0 radical (unpaired) electrons. The van der Waals surface area contributed by atoms with E-state index in [1.807, 2.05) is 6.92 Å². The summed E-state index contributed by atoms with van der Waals surface area (Å²) in [5.74, 6) is -1.32. The number of nitrogens with zero attached hydrogens (tertiary/aromatic N) is 2. The summed E-state index contributed by atoms with van der Waals surface area (Å²) in [4.78, 5) is 38.9. The number of hydrogen-bond donors (Lipinski definition) is 1. The second kappa shape index (κ2) is 8.29. The molecule has 2 amide bonds. The van der Waals surface area contributed by atoms with Gasteiger partial charge in [-0.2, -0.15) is 0 Å².